The number of benzene rings is 1. The second kappa shape index (κ2) is 10.3. The number of nitrogens with zero attached hydrogens (tertiary/aromatic N) is 1. The lowest BCUT2D eigenvalue weighted by molar-refractivity contribution is -0.121. The number of hydrogen-bond acceptors (Lipinski definition) is 4. The summed E-state index contributed by atoms with van der Waals surface area (Å²) in [5.41, 5.74) is 1.23. The van der Waals surface area contributed by atoms with E-state index in [2.05, 4.69) is 49.0 Å². The molecule has 0 spiro atoms. The van der Waals surface area contributed by atoms with Crippen molar-refractivity contribution in [2.45, 2.75) is 25.3 Å². The molecule has 0 fully saturated rings. The van der Waals surface area contributed by atoms with E-state index >= 15 is 0 Å². The fourth-order valence-electron chi connectivity index (χ4n) is 2.44. The number of aryl methyl sites for hydroxylation is 1. The van der Waals surface area contributed by atoms with Gasteiger partial charge in [0.1, 0.15) is 0 Å². The molecule has 2 amide bonds. The number of amides is 2. The first kappa shape index (κ1) is 18.8. The maximum atomic E-state index is 12.2. The fraction of sp³-hybridized carbons (Fsp3) is 0.471. The molecule has 0 bridgehead atoms. The molecule has 1 aromatic rings. The van der Waals surface area contributed by atoms with Gasteiger partial charge in [0.25, 0.3) is 5.91 Å². The fourth-order valence-corrected chi connectivity index (χ4v) is 2.70. The molecular weight excluding hydrogens is 372 g/mol. The van der Waals surface area contributed by atoms with Crippen LogP contribution in [0.2, 0.25) is 0 Å². The highest BCUT2D eigenvalue weighted by Crippen LogP contribution is 2.13. The van der Waals surface area contributed by atoms with Crippen LogP contribution in [-0.4, -0.2) is 50.2 Å². The number of carbonyl (C=O) groups excluding carboxylic acids is 2. The lowest BCUT2D eigenvalue weighted by Crippen LogP contribution is -2.44. The van der Waals surface area contributed by atoms with E-state index in [4.69, 9.17) is 0 Å². The van der Waals surface area contributed by atoms with Crippen molar-refractivity contribution >= 4 is 34.0 Å². The largest absolute Gasteiger partial charge is 0.354 e. The summed E-state index contributed by atoms with van der Waals surface area (Å²) in [6.07, 6.45) is 3.97. The van der Waals surface area contributed by atoms with E-state index in [9.17, 15) is 9.59 Å². The van der Waals surface area contributed by atoms with Crippen LogP contribution in [0.1, 0.15) is 18.4 Å². The van der Waals surface area contributed by atoms with Crippen molar-refractivity contribution in [3.63, 3.8) is 0 Å². The van der Waals surface area contributed by atoms with Gasteiger partial charge in [0.15, 0.2) is 0 Å². The molecule has 130 valence electrons. The van der Waals surface area contributed by atoms with Crippen molar-refractivity contribution in [2.24, 2.45) is 4.99 Å². The minimum atomic E-state index is -0.429. The molecule has 0 saturated carbocycles. The molecule has 2 rings (SSSR count). The Labute approximate surface area is 150 Å². The Hall–Kier alpha value is -1.57. The van der Waals surface area contributed by atoms with E-state index in [1.807, 2.05) is 12.1 Å². The van der Waals surface area contributed by atoms with E-state index in [1.54, 1.807) is 6.21 Å². The SMILES string of the molecule is O=C1CNC(CCCc2ccc(Br)cc2)C(=O)N=CCNCCN1. The van der Waals surface area contributed by atoms with Gasteiger partial charge in [-0.3, -0.25) is 14.9 Å². The highest BCUT2D eigenvalue weighted by Gasteiger charge is 2.18. The number of rotatable bonds is 4. The third-order valence-corrected chi connectivity index (χ3v) is 4.29. The molecule has 0 radical (unpaired) electrons. The van der Waals surface area contributed by atoms with Gasteiger partial charge in [-0.1, -0.05) is 28.1 Å². The van der Waals surface area contributed by atoms with Gasteiger partial charge in [0, 0.05) is 30.3 Å². The number of hydrogen-bond donors (Lipinski definition) is 3. The number of aliphatic imine (C=N–C) groups is 1. The molecule has 0 aliphatic carbocycles. The molecule has 24 heavy (non-hydrogen) atoms. The molecule has 1 heterocycles. The first-order chi connectivity index (χ1) is 11.6. The van der Waals surface area contributed by atoms with Gasteiger partial charge in [-0.05, 0) is 37.0 Å². The van der Waals surface area contributed by atoms with Crippen molar-refractivity contribution in [3.8, 4) is 0 Å². The van der Waals surface area contributed by atoms with Crippen molar-refractivity contribution in [3.05, 3.63) is 34.3 Å². The van der Waals surface area contributed by atoms with Gasteiger partial charge >= 0.3 is 0 Å². The monoisotopic (exact) mass is 394 g/mol. The normalized spacial score (nSPS) is 20.1. The minimum Gasteiger partial charge on any atom is -0.354 e. The Kier molecular flexibility index (Phi) is 8.07. The van der Waals surface area contributed by atoms with Gasteiger partial charge in [0.2, 0.25) is 5.91 Å². The quantitative estimate of drug-likeness (QED) is 0.712. The molecular formula is C17H23BrN4O2. The Morgan fingerprint density at radius 3 is 2.75 bits per heavy atom. The summed E-state index contributed by atoms with van der Waals surface area (Å²) in [7, 11) is 0. The lowest BCUT2D eigenvalue weighted by Gasteiger charge is -2.16. The van der Waals surface area contributed by atoms with Gasteiger partial charge in [-0.2, -0.15) is 0 Å². The minimum absolute atomic E-state index is 0.105. The van der Waals surface area contributed by atoms with Crippen LogP contribution in [0.5, 0.6) is 0 Å². The van der Waals surface area contributed by atoms with Crippen LogP contribution >= 0.6 is 15.9 Å². The van der Waals surface area contributed by atoms with E-state index in [0.717, 1.165) is 17.3 Å². The zero-order chi connectivity index (χ0) is 17.2. The molecule has 1 aromatic carbocycles. The Morgan fingerprint density at radius 2 is 1.96 bits per heavy atom. The highest BCUT2D eigenvalue weighted by atomic mass is 79.9. The average molecular weight is 395 g/mol. The molecule has 7 heteroatoms. The predicted octanol–water partition coefficient (Wildman–Crippen LogP) is 1.05. The van der Waals surface area contributed by atoms with Gasteiger partial charge in [-0.25, -0.2) is 4.99 Å². The first-order valence-electron chi connectivity index (χ1n) is 8.17. The Bertz CT molecular complexity index is 574. The summed E-state index contributed by atoms with van der Waals surface area (Å²) in [4.78, 5) is 27.9. The number of carbonyl (C=O) groups is 2. The molecule has 1 aliphatic heterocycles. The second-order valence-corrected chi connectivity index (χ2v) is 6.57. The van der Waals surface area contributed by atoms with Crippen LogP contribution in [0, 0.1) is 0 Å². The van der Waals surface area contributed by atoms with Crippen LogP contribution in [0.25, 0.3) is 0 Å². The van der Waals surface area contributed by atoms with Crippen molar-refractivity contribution in [1.29, 1.82) is 0 Å². The summed E-state index contributed by atoms with van der Waals surface area (Å²) < 4.78 is 1.05. The summed E-state index contributed by atoms with van der Waals surface area (Å²) in [6, 6.07) is 7.73. The van der Waals surface area contributed by atoms with E-state index in [1.165, 1.54) is 5.56 Å². The zero-order valence-electron chi connectivity index (χ0n) is 13.6. The van der Waals surface area contributed by atoms with Gasteiger partial charge < -0.3 is 10.6 Å². The molecule has 0 saturated heterocycles. The zero-order valence-corrected chi connectivity index (χ0v) is 15.1. The maximum Gasteiger partial charge on any atom is 0.262 e. The second-order valence-electron chi connectivity index (χ2n) is 5.66. The molecule has 0 aromatic heterocycles. The van der Waals surface area contributed by atoms with Crippen LogP contribution in [0.4, 0.5) is 0 Å². The van der Waals surface area contributed by atoms with E-state index < -0.39 is 6.04 Å². The van der Waals surface area contributed by atoms with Gasteiger partial charge in [-0.15, -0.1) is 0 Å². The maximum absolute atomic E-state index is 12.2. The van der Waals surface area contributed by atoms with Crippen LogP contribution in [0.15, 0.2) is 33.7 Å². The van der Waals surface area contributed by atoms with Crippen molar-refractivity contribution in [2.75, 3.05) is 26.2 Å². The molecule has 1 unspecified atom stereocenters. The van der Waals surface area contributed by atoms with E-state index in [-0.39, 0.29) is 18.4 Å². The van der Waals surface area contributed by atoms with Crippen LogP contribution < -0.4 is 16.0 Å². The van der Waals surface area contributed by atoms with E-state index in [0.29, 0.717) is 26.1 Å². The molecule has 1 atom stereocenters. The smallest absolute Gasteiger partial charge is 0.262 e. The summed E-state index contributed by atoms with van der Waals surface area (Å²) in [5, 5.41) is 8.92. The standard InChI is InChI=1S/C17H23BrN4O2/c18-14-6-4-13(5-7-14)2-1-3-15-17(24)21-11-9-19-8-10-20-16(23)12-22-15/h4-7,11,15,19,22H,1-3,8-10,12H2,(H,20,23). The lowest BCUT2D eigenvalue weighted by atomic mass is 10.0. The molecule has 1 aliphatic rings. The Morgan fingerprint density at radius 1 is 1.17 bits per heavy atom. The van der Waals surface area contributed by atoms with Crippen molar-refractivity contribution < 1.29 is 9.59 Å². The third-order valence-electron chi connectivity index (χ3n) is 3.76. The summed E-state index contributed by atoms with van der Waals surface area (Å²) in [6.45, 7) is 1.87. The van der Waals surface area contributed by atoms with Gasteiger partial charge in [0.05, 0.1) is 12.6 Å². The first-order valence-corrected chi connectivity index (χ1v) is 8.96. The molecule has 3 N–H and O–H groups in total. The third kappa shape index (κ3) is 6.90. The molecule has 6 nitrogen and oxygen atoms in total. The predicted molar refractivity (Wildman–Crippen MR) is 98.2 cm³/mol. The number of nitrogens with one attached hydrogen (secondary N) is 3. The Balaban J connectivity index is 1.88. The average Bonchev–Trinajstić information content (AvgIpc) is 2.57. The summed E-state index contributed by atoms with van der Waals surface area (Å²) >= 11 is 3.42. The van der Waals surface area contributed by atoms with Crippen LogP contribution in [0.3, 0.4) is 0 Å². The topological polar surface area (TPSA) is 82.6 Å². The van der Waals surface area contributed by atoms with Crippen molar-refractivity contribution in [1.82, 2.24) is 16.0 Å². The highest BCUT2D eigenvalue weighted by molar-refractivity contribution is 9.10. The summed E-state index contributed by atoms with van der Waals surface area (Å²) in [5.74, 6) is -0.326. The number of halogens is 1. The van der Waals surface area contributed by atoms with Crippen LogP contribution in [-0.2, 0) is 16.0 Å².